The van der Waals surface area contributed by atoms with E-state index in [1.165, 1.54) is 6.92 Å². The van der Waals surface area contributed by atoms with Gasteiger partial charge >= 0.3 is 17.9 Å². The van der Waals surface area contributed by atoms with E-state index in [2.05, 4.69) is 23.3 Å². The molecule has 4 atom stereocenters. The van der Waals surface area contributed by atoms with Gasteiger partial charge in [0.1, 0.15) is 18.1 Å². The van der Waals surface area contributed by atoms with E-state index in [1.54, 1.807) is 0 Å². The topological polar surface area (TPSA) is 225 Å². The van der Waals surface area contributed by atoms with Crippen LogP contribution in [0.1, 0.15) is 19.8 Å². The number of carbonyl (C=O) groups is 6. The summed E-state index contributed by atoms with van der Waals surface area (Å²) >= 11 is 3.87. The van der Waals surface area contributed by atoms with E-state index < -0.39 is 72.6 Å². The Morgan fingerprint density at radius 3 is 1.75 bits per heavy atom. The standard InChI is InChI=1S/C14H22N4O9S/c1-5(16-12(24)6(15)2-9(19)20)11(23)18-8(4-28)13(25)17-7(14(26)27)3-10(21)22/h5-8,28H,2-4,15H2,1H3,(H,16,24)(H,17,25)(H,18,23)(H,19,20)(H,21,22)(H,26,27). The first-order valence-electron chi connectivity index (χ1n) is 7.83. The maximum Gasteiger partial charge on any atom is 0.326 e. The number of hydrogen-bond acceptors (Lipinski definition) is 8. The van der Waals surface area contributed by atoms with E-state index >= 15 is 0 Å². The van der Waals surface area contributed by atoms with Crippen molar-refractivity contribution in [2.75, 3.05) is 5.75 Å². The predicted molar refractivity (Wildman–Crippen MR) is 95.4 cm³/mol. The van der Waals surface area contributed by atoms with Crippen LogP contribution in [0, 0.1) is 0 Å². The van der Waals surface area contributed by atoms with Crippen LogP contribution in [-0.2, 0) is 28.8 Å². The first-order valence-corrected chi connectivity index (χ1v) is 8.46. The number of amides is 3. The van der Waals surface area contributed by atoms with Crippen LogP contribution in [0.15, 0.2) is 0 Å². The van der Waals surface area contributed by atoms with Gasteiger partial charge in [-0.15, -0.1) is 0 Å². The minimum Gasteiger partial charge on any atom is -0.481 e. The van der Waals surface area contributed by atoms with Gasteiger partial charge in [-0.3, -0.25) is 24.0 Å². The quantitative estimate of drug-likeness (QED) is 0.147. The largest absolute Gasteiger partial charge is 0.481 e. The third-order valence-corrected chi connectivity index (χ3v) is 3.66. The number of aliphatic carboxylic acids is 3. The van der Waals surface area contributed by atoms with Crippen LogP contribution in [0.5, 0.6) is 0 Å². The molecule has 0 fully saturated rings. The van der Waals surface area contributed by atoms with Crippen molar-refractivity contribution in [1.82, 2.24) is 16.0 Å². The third-order valence-electron chi connectivity index (χ3n) is 3.29. The Morgan fingerprint density at radius 2 is 1.32 bits per heavy atom. The SMILES string of the molecule is CC(NC(=O)C(N)CC(=O)O)C(=O)NC(CS)C(=O)NC(CC(=O)O)C(=O)O. The number of carboxylic acids is 3. The van der Waals surface area contributed by atoms with Gasteiger partial charge in [0.05, 0.1) is 18.9 Å². The van der Waals surface area contributed by atoms with Gasteiger partial charge in [-0.1, -0.05) is 0 Å². The van der Waals surface area contributed by atoms with E-state index in [0.29, 0.717) is 0 Å². The molecular weight excluding hydrogens is 400 g/mol. The van der Waals surface area contributed by atoms with E-state index in [1.807, 2.05) is 5.32 Å². The second-order valence-corrected chi connectivity index (χ2v) is 6.04. The smallest absolute Gasteiger partial charge is 0.326 e. The molecule has 0 heterocycles. The van der Waals surface area contributed by atoms with Gasteiger partial charge in [0.2, 0.25) is 17.7 Å². The molecule has 0 saturated heterocycles. The Kier molecular flexibility index (Phi) is 10.6. The summed E-state index contributed by atoms with van der Waals surface area (Å²) in [7, 11) is 0. The molecule has 8 N–H and O–H groups in total. The molecule has 0 aromatic heterocycles. The van der Waals surface area contributed by atoms with Crippen LogP contribution < -0.4 is 21.7 Å². The maximum absolute atomic E-state index is 12.1. The first-order chi connectivity index (χ1) is 12.9. The molecule has 0 rings (SSSR count). The molecule has 0 aliphatic heterocycles. The van der Waals surface area contributed by atoms with Crippen LogP contribution in [-0.4, -0.2) is 80.9 Å². The average Bonchev–Trinajstić information content (AvgIpc) is 2.57. The van der Waals surface area contributed by atoms with E-state index in [0.717, 1.165) is 0 Å². The molecule has 0 aromatic carbocycles. The number of nitrogens with one attached hydrogen (secondary N) is 3. The average molecular weight is 422 g/mol. The summed E-state index contributed by atoms with van der Waals surface area (Å²) in [5, 5.41) is 32.5. The molecule has 13 nitrogen and oxygen atoms in total. The minimum atomic E-state index is -1.71. The summed E-state index contributed by atoms with van der Waals surface area (Å²) in [5.74, 6) is -7.32. The first kappa shape index (κ1) is 25.1. The molecule has 14 heteroatoms. The van der Waals surface area contributed by atoms with Crippen molar-refractivity contribution in [3.8, 4) is 0 Å². The van der Waals surface area contributed by atoms with Crippen molar-refractivity contribution in [1.29, 1.82) is 0 Å². The van der Waals surface area contributed by atoms with Crippen LogP contribution in [0.4, 0.5) is 0 Å². The molecule has 3 amide bonds. The summed E-state index contributed by atoms with van der Waals surface area (Å²) in [5.41, 5.74) is 5.36. The molecule has 158 valence electrons. The van der Waals surface area contributed by atoms with Crippen LogP contribution in [0.2, 0.25) is 0 Å². The lowest BCUT2D eigenvalue weighted by atomic mass is 10.1. The molecule has 4 unspecified atom stereocenters. The van der Waals surface area contributed by atoms with Crippen molar-refractivity contribution >= 4 is 48.3 Å². The van der Waals surface area contributed by atoms with Gasteiger partial charge in [0, 0.05) is 5.75 Å². The highest BCUT2D eigenvalue weighted by atomic mass is 32.1. The second kappa shape index (κ2) is 11.8. The number of thiol groups is 1. The van der Waals surface area contributed by atoms with E-state index in [4.69, 9.17) is 21.1 Å². The fraction of sp³-hybridized carbons (Fsp3) is 0.571. The van der Waals surface area contributed by atoms with Crippen molar-refractivity contribution in [3.05, 3.63) is 0 Å². The molecule has 0 aliphatic rings. The zero-order valence-corrected chi connectivity index (χ0v) is 15.6. The predicted octanol–water partition coefficient (Wildman–Crippen LogP) is -3.25. The zero-order chi connectivity index (χ0) is 22.0. The minimum absolute atomic E-state index is 0.254. The Morgan fingerprint density at radius 1 is 0.821 bits per heavy atom. The summed E-state index contributed by atoms with van der Waals surface area (Å²) in [4.78, 5) is 68.0. The van der Waals surface area contributed by atoms with Crippen LogP contribution in [0.25, 0.3) is 0 Å². The van der Waals surface area contributed by atoms with Crippen molar-refractivity contribution in [3.63, 3.8) is 0 Å². The van der Waals surface area contributed by atoms with Crippen molar-refractivity contribution < 1.29 is 44.1 Å². The Labute approximate surface area is 164 Å². The Bertz CT molecular complexity index is 642. The van der Waals surface area contributed by atoms with Crippen molar-refractivity contribution in [2.24, 2.45) is 5.73 Å². The van der Waals surface area contributed by atoms with Gasteiger partial charge in [-0.2, -0.15) is 12.6 Å². The zero-order valence-electron chi connectivity index (χ0n) is 14.7. The van der Waals surface area contributed by atoms with E-state index in [-0.39, 0.29) is 5.75 Å². The van der Waals surface area contributed by atoms with E-state index in [9.17, 15) is 28.8 Å². The lowest BCUT2D eigenvalue weighted by Gasteiger charge is -2.22. The molecule has 0 bridgehead atoms. The Balaban J connectivity index is 4.85. The molecule has 28 heavy (non-hydrogen) atoms. The van der Waals surface area contributed by atoms with Crippen LogP contribution >= 0.6 is 12.6 Å². The van der Waals surface area contributed by atoms with Gasteiger partial charge in [-0.25, -0.2) is 4.79 Å². The Hall–Kier alpha value is -2.87. The fourth-order valence-corrected chi connectivity index (χ4v) is 2.06. The monoisotopic (exact) mass is 422 g/mol. The highest BCUT2D eigenvalue weighted by Crippen LogP contribution is 1.98. The number of carboxylic acid groups (broad SMARTS) is 3. The molecule has 0 saturated carbocycles. The number of rotatable bonds is 12. The third kappa shape index (κ3) is 9.18. The molecule has 0 radical (unpaired) electrons. The van der Waals surface area contributed by atoms with Gasteiger partial charge in [0.15, 0.2) is 0 Å². The highest BCUT2D eigenvalue weighted by Gasteiger charge is 2.29. The van der Waals surface area contributed by atoms with Gasteiger partial charge in [-0.05, 0) is 6.92 Å². The summed E-state index contributed by atoms with van der Waals surface area (Å²) < 4.78 is 0. The fourth-order valence-electron chi connectivity index (χ4n) is 1.80. The maximum atomic E-state index is 12.1. The number of carbonyl (C=O) groups excluding carboxylic acids is 3. The normalized spacial score (nSPS) is 14.7. The van der Waals surface area contributed by atoms with Gasteiger partial charge in [0.25, 0.3) is 0 Å². The molecule has 0 spiro atoms. The molecule has 0 aromatic rings. The lowest BCUT2D eigenvalue weighted by molar-refractivity contribution is -0.147. The summed E-state index contributed by atoms with van der Waals surface area (Å²) in [6, 6.07) is -5.62. The molecular formula is C14H22N4O9S. The van der Waals surface area contributed by atoms with Crippen LogP contribution in [0.3, 0.4) is 0 Å². The second-order valence-electron chi connectivity index (χ2n) is 5.68. The summed E-state index contributed by atoms with van der Waals surface area (Å²) in [6.07, 6.45) is -1.52. The summed E-state index contributed by atoms with van der Waals surface area (Å²) in [6.45, 7) is 1.25. The highest BCUT2D eigenvalue weighted by molar-refractivity contribution is 7.80. The lowest BCUT2D eigenvalue weighted by Crippen LogP contribution is -2.57. The van der Waals surface area contributed by atoms with Crippen molar-refractivity contribution in [2.45, 2.75) is 43.9 Å². The number of nitrogens with two attached hydrogens (primary N) is 1. The molecule has 0 aliphatic carbocycles. The number of hydrogen-bond donors (Lipinski definition) is 8. The van der Waals surface area contributed by atoms with Gasteiger partial charge < -0.3 is 37.0 Å².